The molecule has 0 atom stereocenters. The van der Waals surface area contributed by atoms with Crippen LogP contribution in [0.3, 0.4) is 0 Å². The van der Waals surface area contributed by atoms with Crippen LogP contribution in [-0.4, -0.2) is 24.0 Å². The van der Waals surface area contributed by atoms with Crippen molar-refractivity contribution in [1.82, 2.24) is 0 Å². The Kier molecular flexibility index (Phi) is 6.01. The molecule has 172 valence electrons. The number of hydrogen-bond donors (Lipinski definition) is 4. The molecule has 0 aliphatic carbocycles. The molecule has 0 spiro atoms. The minimum atomic E-state index is -4.73. The van der Waals surface area contributed by atoms with Crippen LogP contribution < -0.4 is 11.1 Å². The van der Waals surface area contributed by atoms with Gasteiger partial charge in [0, 0.05) is 22.3 Å². The maximum absolute atomic E-state index is 12.4. The number of carbonyl (C=O) groups is 1. The first kappa shape index (κ1) is 22.9. The molecule has 0 fully saturated rings. The van der Waals surface area contributed by atoms with E-state index >= 15 is 0 Å². The van der Waals surface area contributed by atoms with E-state index in [0.717, 1.165) is 0 Å². The second-order valence-electron chi connectivity index (χ2n) is 7.51. The first-order valence-electron chi connectivity index (χ1n) is 10.1. The zero-order valence-electron chi connectivity index (χ0n) is 17.9. The van der Waals surface area contributed by atoms with Gasteiger partial charge >= 0.3 is 0 Å². The quantitative estimate of drug-likeness (QED) is 0.173. The molecule has 34 heavy (non-hydrogen) atoms. The minimum Gasteiger partial charge on any atom is -0.505 e. The van der Waals surface area contributed by atoms with Crippen LogP contribution in [0, 0.1) is 6.92 Å². The Morgan fingerprint density at radius 1 is 0.971 bits per heavy atom. The highest BCUT2D eigenvalue weighted by atomic mass is 32.2. The Balaban J connectivity index is 1.68. The van der Waals surface area contributed by atoms with E-state index in [-0.39, 0.29) is 22.7 Å². The van der Waals surface area contributed by atoms with Crippen LogP contribution in [0.2, 0.25) is 0 Å². The molecule has 4 aromatic rings. The number of aryl methyl sites for hydroxylation is 1. The Morgan fingerprint density at radius 2 is 1.65 bits per heavy atom. The fraction of sp³-hybridized carbons (Fsp3) is 0.0417. The number of para-hydroxylation sites is 1. The lowest BCUT2D eigenvalue weighted by molar-refractivity contribution is 0.102. The molecular weight excluding hydrogens is 456 g/mol. The summed E-state index contributed by atoms with van der Waals surface area (Å²) in [5, 5.41) is 21.9. The number of rotatable bonds is 5. The van der Waals surface area contributed by atoms with Crippen LogP contribution in [0.25, 0.3) is 10.8 Å². The zero-order chi connectivity index (χ0) is 24.5. The predicted octanol–water partition coefficient (Wildman–Crippen LogP) is 5.35. The summed E-state index contributed by atoms with van der Waals surface area (Å²) < 4.78 is 33.6. The standard InChI is InChI=1S/C24H20N4O5S/c1-14-7-8-16-13-19(34(31,32)33)22(23(29)20(16)21(14)25)28-27-18-11-9-15(10-12-18)24(30)26-17-5-3-2-4-6-17/h2-13,29H,25H2,1H3,(H,26,30)(H,31,32,33). The third kappa shape index (κ3) is 4.58. The predicted molar refractivity (Wildman–Crippen MR) is 130 cm³/mol. The second-order valence-corrected chi connectivity index (χ2v) is 8.90. The molecule has 0 saturated carbocycles. The number of amides is 1. The lowest BCUT2D eigenvalue weighted by Crippen LogP contribution is -2.11. The number of fused-ring (bicyclic) bond motifs is 1. The summed E-state index contributed by atoms with van der Waals surface area (Å²) in [6.45, 7) is 1.74. The van der Waals surface area contributed by atoms with Gasteiger partial charge in [-0.15, -0.1) is 5.11 Å². The SMILES string of the molecule is Cc1ccc2cc(S(=O)(=O)O)c(N=Nc3ccc(C(=O)Nc4ccccc4)cc3)c(O)c2c1N. The average Bonchev–Trinajstić information content (AvgIpc) is 2.81. The fourth-order valence-electron chi connectivity index (χ4n) is 3.38. The van der Waals surface area contributed by atoms with E-state index in [1.54, 1.807) is 43.3 Å². The molecule has 1 amide bonds. The van der Waals surface area contributed by atoms with E-state index in [1.807, 2.05) is 6.07 Å². The monoisotopic (exact) mass is 476 g/mol. The molecule has 0 aliphatic heterocycles. The molecule has 4 rings (SSSR count). The number of azo groups is 1. The smallest absolute Gasteiger partial charge is 0.296 e. The second kappa shape index (κ2) is 8.93. The van der Waals surface area contributed by atoms with Gasteiger partial charge < -0.3 is 16.2 Å². The van der Waals surface area contributed by atoms with Crippen molar-refractivity contribution in [2.24, 2.45) is 10.2 Å². The van der Waals surface area contributed by atoms with Gasteiger partial charge in [0.2, 0.25) is 0 Å². The van der Waals surface area contributed by atoms with Crippen molar-refractivity contribution in [1.29, 1.82) is 0 Å². The highest BCUT2D eigenvalue weighted by molar-refractivity contribution is 7.86. The van der Waals surface area contributed by atoms with Crippen molar-refractivity contribution >= 4 is 49.5 Å². The maximum atomic E-state index is 12.4. The molecule has 10 heteroatoms. The van der Waals surface area contributed by atoms with Crippen LogP contribution in [0.5, 0.6) is 5.75 Å². The summed E-state index contributed by atoms with van der Waals surface area (Å²) >= 11 is 0. The van der Waals surface area contributed by atoms with Gasteiger partial charge in [-0.05, 0) is 60.3 Å². The Labute approximate surface area is 195 Å². The Morgan fingerprint density at radius 3 is 2.29 bits per heavy atom. The largest absolute Gasteiger partial charge is 0.505 e. The summed E-state index contributed by atoms with van der Waals surface area (Å²) in [7, 11) is -4.73. The number of nitrogens with one attached hydrogen (secondary N) is 1. The summed E-state index contributed by atoms with van der Waals surface area (Å²) in [6, 6.07) is 19.5. The van der Waals surface area contributed by atoms with Crippen molar-refractivity contribution in [3.63, 3.8) is 0 Å². The van der Waals surface area contributed by atoms with Gasteiger partial charge in [-0.3, -0.25) is 9.35 Å². The van der Waals surface area contributed by atoms with Crippen LogP contribution in [-0.2, 0) is 10.1 Å². The first-order valence-corrected chi connectivity index (χ1v) is 11.5. The number of nitrogens with two attached hydrogens (primary N) is 1. The van der Waals surface area contributed by atoms with Crippen molar-refractivity contribution < 1.29 is 22.9 Å². The Bertz CT molecular complexity index is 1530. The number of anilines is 2. The van der Waals surface area contributed by atoms with E-state index in [4.69, 9.17) is 5.73 Å². The van der Waals surface area contributed by atoms with Crippen LogP contribution >= 0.6 is 0 Å². The van der Waals surface area contributed by atoms with Gasteiger partial charge in [0.25, 0.3) is 16.0 Å². The van der Waals surface area contributed by atoms with Gasteiger partial charge in [0.05, 0.1) is 5.69 Å². The van der Waals surface area contributed by atoms with Gasteiger partial charge in [-0.25, -0.2) is 0 Å². The van der Waals surface area contributed by atoms with Crippen LogP contribution in [0.1, 0.15) is 15.9 Å². The number of nitrogens with zero attached hydrogens (tertiary/aromatic N) is 2. The summed E-state index contributed by atoms with van der Waals surface area (Å²) in [5.74, 6) is -0.838. The molecule has 4 aromatic carbocycles. The summed E-state index contributed by atoms with van der Waals surface area (Å²) in [5.41, 5.74) is 7.86. The van der Waals surface area contributed by atoms with Crippen molar-refractivity contribution in [2.75, 3.05) is 11.1 Å². The van der Waals surface area contributed by atoms with Gasteiger partial charge in [0.15, 0.2) is 5.75 Å². The molecule has 0 radical (unpaired) electrons. The molecule has 0 heterocycles. The molecule has 5 N–H and O–H groups in total. The zero-order valence-corrected chi connectivity index (χ0v) is 18.7. The maximum Gasteiger partial charge on any atom is 0.296 e. The average molecular weight is 477 g/mol. The first-order chi connectivity index (χ1) is 16.1. The number of phenolic OH excluding ortho intramolecular Hbond substituents is 1. The highest BCUT2D eigenvalue weighted by Gasteiger charge is 2.23. The summed E-state index contributed by atoms with van der Waals surface area (Å²) in [4.78, 5) is 11.8. The van der Waals surface area contributed by atoms with E-state index < -0.39 is 26.5 Å². The third-order valence-corrected chi connectivity index (χ3v) is 6.05. The molecule has 0 aliphatic rings. The fourth-order valence-corrected chi connectivity index (χ4v) is 4.03. The number of nitrogen functional groups attached to an aromatic ring is 1. The number of hydrogen-bond acceptors (Lipinski definition) is 7. The molecule has 0 aromatic heterocycles. The highest BCUT2D eigenvalue weighted by Crippen LogP contribution is 2.44. The van der Waals surface area contributed by atoms with E-state index in [0.29, 0.717) is 22.2 Å². The topological polar surface area (TPSA) is 154 Å². The molecule has 9 nitrogen and oxygen atoms in total. The number of aromatic hydroxyl groups is 1. The number of benzene rings is 4. The number of carbonyl (C=O) groups excluding carboxylic acids is 1. The third-order valence-electron chi connectivity index (χ3n) is 5.18. The normalized spacial score (nSPS) is 11.7. The van der Waals surface area contributed by atoms with E-state index in [2.05, 4.69) is 15.5 Å². The van der Waals surface area contributed by atoms with E-state index in [1.165, 1.54) is 30.3 Å². The molecule has 0 saturated heterocycles. The van der Waals surface area contributed by atoms with Crippen molar-refractivity contribution in [2.45, 2.75) is 11.8 Å². The van der Waals surface area contributed by atoms with Crippen molar-refractivity contribution in [3.05, 3.63) is 83.9 Å². The molecule has 0 bridgehead atoms. The van der Waals surface area contributed by atoms with Gasteiger partial charge in [-0.1, -0.05) is 30.3 Å². The number of phenols is 1. The van der Waals surface area contributed by atoms with E-state index in [9.17, 15) is 22.9 Å². The van der Waals surface area contributed by atoms with Crippen molar-refractivity contribution in [3.8, 4) is 5.75 Å². The Hall–Kier alpha value is -4.28. The lowest BCUT2D eigenvalue weighted by atomic mass is 10.0. The summed E-state index contributed by atoms with van der Waals surface area (Å²) in [6.07, 6.45) is 0. The minimum absolute atomic E-state index is 0.203. The molecular formula is C24H20N4O5S. The molecule has 0 unspecified atom stereocenters. The lowest BCUT2D eigenvalue weighted by Gasteiger charge is -2.12. The van der Waals surface area contributed by atoms with Crippen LogP contribution in [0.15, 0.2) is 87.9 Å². The van der Waals surface area contributed by atoms with Gasteiger partial charge in [-0.2, -0.15) is 13.5 Å². The van der Waals surface area contributed by atoms with Crippen LogP contribution in [0.4, 0.5) is 22.7 Å². The van der Waals surface area contributed by atoms with Gasteiger partial charge in [0.1, 0.15) is 10.6 Å².